The molecule has 4 saturated carbocycles. The fourth-order valence-corrected chi connectivity index (χ4v) is 10.4. The highest BCUT2D eigenvalue weighted by atomic mass is 17.5. The first-order valence-corrected chi connectivity index (χ1v) is 16.2. The lowest BCUT2D eigenvalue weighted by atomic mass is 9.43. The van der Waals surface area contributed by atoms with E-state index in [0.717, 1.165) is 32.1 Å². The van der Waals surface area contributed by atoms with Crippen LogP contribution in [-0.2, 0) is 33.7 Å². The highest BCUT2D eigenvalue weighted by Gasteiger charge is 2.67. The van der Waals surface area contributed by atoms with Crippen molar-refractivity contribution in [3.63, 3.8) is 0 Å². The van der Waals surface area contributed by atoms with Crippen molar-refractivity contribution in [3.05, 3.63) is 0 Å². The van der Waals surface area contributed by atoms with Crippen LogP contribution in [0.2, 0.25) is 0 Å². The smallest absolute Gasteiger partial charge is 0.306 e. The van der Waals surface area contributed by atoms with E-state index in [1.807, 2.05) is 27.7 Å². The van der Waals surface area contributed by atoms with Crippen LogP contribution in [0.3, 0.4) is 0 Å². The summed E-state index contributed by atoms with van der Waals surface area (Å²) in [4.78, 5) is 30.6. The SMILES string of the molecule is CCC1OC(OC2CC(C(=O)O)C3CCC45CC(CCC4C3(C)C2)C(C)C5O)C(OC(=O)CC(C)C)[C@H](C)C1OO[O-]. The summed E-state index contributed by atoms with van der Waals surface area (Å²) in [7, 11) is 0. The second-order valence-electron chi connectivity index (χ2n) is 14.9. The average molecular weight is 596 g/mol. The second-order valence-corrected chi connectivity index (χ2v) is 14.9. The molecule has 5 aliphatic rings. The van der Waals surface area contributed by atoms with Gasteiger partial charge in [-0.2, -0.15) is 0 Å². The largest absolute Gasteiger partial charge is 0.692 e. The first-order valence-electron chi connectivity index (χ1n) is 16.2. The molecule has 2 N–H and O–H groups in total. The lowest BCUT2D eigenvalue weighted by Gasteiger charge is -2.62. The Morgan fingerprint density at radius 3 is 2.48 bits per heavy atom. The lowest BCUT2D eigenvalue weighted by Crippen LogP contribution is -2.61. The predicted octanol–water partition coefficient (Wildman–Crippen LogP) is 4.02. The van der Waals surface area contributed by atoms with Crippen molar-refractivity contribution in [2.24, 2.45) is 52.3 Å². The van der Waals surface area contributed by atoms with E-state index >= 15 is 0 Å². The van der Waals surface area contributed by atoms with Gasteiger partial charge < -0.3 is 29.7 Å². The number of aliphatic hydroxyl groups excluding tert-OH is 1. The van der Waals surface area contributed by atoms with Crippen LogP contribution in [0, 0.1) is 52.3 Å². The van der Waals surface area contributed by atoms with E-state index in [1.165, 1.54) is 0 Å². The van der Waals surface area contributed by atoms with Crippen LogP contribution in [0.1, 0.15) is 99.3 Å². The Kier molecular flexibility index (Phi) is 9.36. The summed E-state index contributed by atoms with van der Waals surface area (Å²) in [6, 6.07) is 0. The van der Waals surface area contributed by atoms with Crippen LogP contribution in [-0.4, -0.2) is 59.0 Å². The molecule has 240 valence electrons. The molecule has 1 saturated heterocycles. The Bertz CT molecular complexity index is 988. The monoisotopic (exact) mass is 595 g/mol. The van der Waals surface area contributed by atoms with Gasteiger partial charge in [0.25, 0.3) is 0 Å². The molecule has 0 aromatic carbocycles. The molecule has 10 heteroatoms. The zero-order valence-corrected chi connectivity index (χ0v) is 26.0. The number of carbonyl (C=O) groups excluding carboxylic acids is 1. The van der Waals surface area contributed by atoms with Crippen LogP contribution in [0.15, 0.2) is 0 Å². The number of ether oxygens (including phenoxy) is 3. The molecule has 5 fully saturated rings. The molecule has 1 heterocycles. The van der Waals surface area contributed by atoms with Crippen molar-refractivity contribution >= 4 is 11.9 Å². The Hall–Kier alpha value is -1.30. The number of rotatable bonds is 9. The fraction of sp³-hybridized carbons (Fsp3) is 0.938. The van der Waals surface area contributed by atoms with Gasteiger partial charge in [-0.05, 0) is 86.4 Å². The molecule has 0 aromatic rings. The fourth-order valence-electron chi connectivity index (χ4n) is 10.4. The number of carbonyl (C=O) groups is 2. The first kappa shape index (κ1) is 32.1. The van der Waals surface area contributed by atoms with Gasteiger partial charge in [0.1, 0.15) is 6.10 Å². The van der Waals surface area contributed by atoms with Gasteiger partial charge in [-0.15, -0.1) is 0 Å². The summed E-state index contributed by atoms with van der Waals surface area (Å²) in [5.74, 6) is -1.15. The molecule has 0 radical (unpaired) electrons. The van der Waals surface area contributed by atoms with E-state index < -0.39 is 54.5 Å². The topological polar surface area (TPSA) is 144 Å². The Morgan fingerprint density at radius 2 is 1.83 bits per heavy atom. The summed E-state index contributed by atoms with van der Waals surface area (Å²) in [5.41, 5.74) is -0.490. The molecule has 42 heavy (non-hydrogen) atoms. The zero-order valence-electron chi connectivity index (χ0n) is 26.0. The molecule has 2 bridgehead atoms. The van der Waals surface area contributed by atoms with Crippen molar-refractivity contribution in [3.8, 4) is 0 Å². The molecule has 0 aromatic heterocycles. The number of hydrogen-bond donors (Lipinski definition) is 2. The average Bonchev–Trinajstić information content (AvgIpc) is 3.10. The van der Waals surface area contributed by atoms with Gasteiger partial charge in [-0.1, -0.05) is 41.5 Å². The molecule has 13 unspecified atom stereocenters. The lowest BCUT2D eigenvalue weighted by molar-refractivity contribution is -0.807. The van der Waals surface area contributed by atoms with E-state index in [9.17, 15) is 25.1 Å². The molecular formula is C32H51O10-. The third-order valence-corrected chi connectivity index (χ3v) is 12.2. The van der Waals surface area contributed by atoms with Gasteiger partial charge >= 0.3 is 11.9 Å². The summed E-state index contributed by atoms with van der Waals surface area (Å²) < 4.78 is 18.9. The number of fused-ring (bicyclic) bond motifs is 3. The van der Waals surface area contributed by atoms with Crippen LogP contribution >= 0.6 is 0 Å². The van der Waals surface area contributed by atoms with Gasteiger partial charge in [0, 0.05) is 17.8 Å². The second kappa shape index (κ2) is 12.2. The molecule has 0 amide bonds. The summed E-state index contributed by atoms with van der Waals surface area (Å²) in [6.07, 6.45) is 2.57. The van der Waals surface area contributed by atoms with Crippen LogP contribution in [0.5, 0.6) is 0 Å². The van der Waals surface area contributed by atoms with Crippen molar-refractivity contribution < 1.29 is 49.2 Å². The van der Waals surface area contributed by atoms with Gasteiger partial charge in [0.2, 0.25) is 0 Å². The number of hydrogen-bond acceptors (Lipinski definition) is 9. The first-order chi connectivity index (χ1) is 19.9. The maximum atomic E-state index is 12.8. The van der Waals surface area contributed by atoms with Gasteiger partial charge in [-0.25, -0.2) is 4.89 Å². The van der Waals surface area contributed by atoms with E-state index in [4.69, 9.17) is 19.1 Å². The predicted molar refractivity (Wildman–Crippen MR) is 148 cm³/mol. The minimum Gasteiger partial charge on any atom is -0.692 e. The number of carboxylic acids is 1. The van der Waals surface area contributed by atoms with Crippen LogP contribution < -0.4 is 5.26 Å². The minimum atomic E-state index is -0.947. The third kappa shape index (κ3) is 5.42. The highest BCUT2D eigenvalue weighted by molar-refractivity contribution is 5.71. The van der Waals surface area contributed by atoms with E-state index in [2.05, 4.69) is 18.9 Å². The molecule has 4 aliphatic carbocycles. The summed E-state index contributed by atoms with van der Waals surface area (Å²) in [5, 5.41) is 36.7. The number of aliphatic carboxylic acids is 1. The minimum absolute atomic E-state index is 0.00590. The highest BCUT2D eigenvalue weighted by Crippen LogP contribution is 2.71. The molecular weight excluding hydrogens is 544 g/mol. The normalized spacial score (nSPS) is 48.4. The van der Waals surface area contributed by atoms with Gasteiger partial charge in [0.15, 0.2) is 12.4 Å². The van der Waals surface area contributed by atoms with E-state index in [1.54, 1.807) is 0 Å². The van der Waals surface area contributed by atoms with Crippen molar-refractivity contribution in [2.75, 3.05) is 0 Å². The van der Waals surface area contributed by atoms with Gasteiger partial charge in [-0.3, -0.25) is 14.6 Å². The number of esters is 1. The molecule has 14 atom stereocenters. The van der Waals surface area contributed by atoms with Crippen LogP contribution in [0.25, 0.3) is 0 Å². The molecule has 10 nitrogen and oxygen atoms in total. The standard InChI is InChI=1S/C32H52O10/c1-7-23-26(41-42-37)18(5)27(40-25(33)12-16(2)3)30(39-23)38-20-13-21(29(35)36)22-10-11-32-14-19(17(4)28(32)34)8-9-24(32)31(22,6)15-20/h16-24,26-28,30,34,37H,7-15H2,1-6H3,(H,35,36)/p-1/t17?,18-,19?,20?,21?,22?,23?,24?,26?,27?,28?,30?,31?,32?/m1/s1. The zero-order chi connectivity index (χ0) is 30.6. The summed E-state index contributed by atoms with van der Waals surface area (Å²) >= 11 is 0. The quantitative estimate of drug-likeness (QED) is 0.174. The number of carboxylic acid groups (broad SMARTS) is 1. The maximum Gasteiger partial charge on any atom is 0.306 e. The molecule has 1 aliphatic heterocycles. The van der Waals surface area contributed by atoms with Crippen molar-refractivity contribution in [1.82, 2.24) is 0 Å². The van der Waals surface area contributed by atoms with Crippen molar-refractivity contribution in [1.29, 1.82) is 0 Å². The van der Waals surface area contributed by atoms with E-state index in [-0.39, 0.29) is 47.0 Å². The Balaban J connectivity index is 1.43. The Morgan fingerprint density at radius 1 is 1.10 bits per heavy atom. The van der Waals surface area contributed by atoms with Crippen molar-refractivity contribution in [2.45, 2.75) is 136 Å². The molecule has 5 rings (SSSR count). The van der Waals surface area contributed by atoms with Crippen LogP contribution in [0.4, 0.5) is 0 Å². The maximum absolute atomic E-state index is 12.8. The summed E-state index contributed by atoms with van der Waals surface area (Å²) in [6.45, 7) is 12.0. The number of aliphatic hydroxyl groups is 1. The van der Waals surface area contributed by atoms with E-state index in [0.29, 0.717) is 25.2 Å². The third-order valence-electron chi connectivity index (χ3n) is 12.2. The Labute approximate surface area is 249 Å². The molecule has 1 spiro atoms. The van der Waals surface area contributed by atoms with Gasteiger partial charge in [0.05, 0.1) is 24.2 Å².